The van der Waals surface area contributed by atoms with Gasteiger partial charge >= 0.3 is 0 Å². The Labute approximate surface area is 61.3 Å². The van der Waals surface area contributed by atoms with Crippen LogP contribution in [0.5, 0.6) is 0 Å². The Hall–Kier alpha value is -0.410. The van der Waals surface area contributed by atoms with Crippen LogP contribution in [0.2, 0.25) is 0 Å². The van der Waals surface area contributed by atoms with Crippen LogP contribution in [0.1, 0.15) is 20.8 Å². The third-order valence-corrected chi connectivity index (χ3v) is 1.15. The van der Waals surface area contributed by atoms with E-state index in [1.807, 2.05) is 0 Å². The standard InChI is InChI=1S/C7H14O3/c1-6(5-8)10-7(2,3)9-4/h5-6H,1-4H3. The average Bonchev–Trinajstić information content (AvgIpc) is 1.87. The summed E-state index contributed by atoms with van der Waals surface area (Å²) in [5.74, 6) is -0.666. The number of ether oxygens (including phenoxy) is 2. The molecule has 0 heterocycles. The topological polar surface area (TPSA) is 35.5 Å². The number of methoxy groups -OCH3 is 1. The van der Waals surface area contributed by atoms with Crippen molar-refractivity contribution < 1.29 is 14.3 Å². The summed E-state index contributed by atoms with van der Waals surface area (Å²) in [6.45, 7) is 5.19. The fraction of sp³-hybridized carbons (Fsp3) is 0.857. The van der Waals surface area contributed by atoms with Gasteiger partial charge in [0.05, 0.1) is 0 Å². The molecule has 0 bridgehead atoms. The summed E-state index contributed by atoms with van der Waals surface area (Å²) in [5, 5.41) is 0. The molecule has 3 heteroatoms. The molecule has 0 N–H and O–H groups in total. The molecule has 0 amide bonds. The van der Waals surface area contributed by atoms with Crippen LogP contribution in [0, 0.1) is 0 Å². The third kappa shape index (κ3) is 3.58. The predicted molar refractivity (Wildman–Crippen MR) is 37.7 cm³/mol. The van der Waals surface area contributed by atoms with E-state index in [1.54, 1.807) is 20.8 Å². The van der Waals surface area contributed by atoms with Gasteiger partial charge in [0.15, 0.2) is 5.79 Å². The average molecular weight is 146 g/mol. The van der Waals surface area contributed by atoms with Gasteiger partial charge < -0.3 is 14.3 Å². The zero-order chi connectivity index (χ0) is 8.20. The van der Waals surface area contributed by atoms with E-state index in [4.69, 9.17) is 9.47 Å². The zero-order valence-electron chi connectivity index (χ0n) is 6.88. The lowest BCUT2D eigenvalue weighted by Gasteiger charge is -2.24. The second kappa shape index (κ2) is 3.68. The Balaban J connectivity index is 3.75. The van der Waals surface area contributed by atoms with E-state index in [1.165, 1.54) is 7.11 Å². The van der Waals surface area contributed by atoms with Gasteiger partial charge in [-0.3, -0.25) is 0 Å². The molecule has 0 aliphatic heterocycles. The van der Waals surface area contributed by atoms with Gasteiger partial charge in [-0.05, 0) is 20.8 Å². The Morgan fingerprint density at radius 2 is 2.00 bits per heavy atom. The molecule has 0 aliphatic carbocycles. The van der Waals surface area contributed by atoms with Crippen LogP contribution in [0.15, 0.2) is 0 Å². The lowest BCUT2D eigenvalue weighted by molar-refractivity contribution is -0.214. The van der Waals surface area contributed by atoms with Crippen molar-refractivity contribution in [3.8, 4) is 0 Å². The van der Waals surface area contributed by atoms with E-state index in [0.29, 0.717) is 0 Å². The fourth-order valence-corrected chi connectivity index (χ4v) is 0.524. The summed E-state index contributed by atoms with van der Waals surface area (Å²) in [6.07, 6.45) is 0.329. The SMILES string of the molecule is COC(C)(C)OC(C)C=O. The second-order valence-corrected chi connectivity index (χ2v) is 2.56. The molecule has 0 saturated carbocycles. The van der Waals surface area contributed by atoms with Crippen molar-refractivity contribution in [2.75, 3.05) is 7.11 Å². The second-order valence-electron chi connectivity index (χ2n) is 2.56. The van der Waals surface area contributed by atoms with Crippen LogP contribution < -0.4 is 0 Å². The highest BCUT2D eigenvalue weighted by atomic mass is 16.7. The van der Waals surface area contributed by atoms with Crippen molar-refractivity contribution in [2.24, 2.45) is 0 Å². The van der Waals surface area contributed by atoms with Crippen molar-refractivity contribution in [1.82, 2.24) is 0 Å². The first-order valence-electron chi connectivity index (χ1n) is 3.20. The maximum absolute atomic E-state index is 10.1. The smallest absolute Gasteiger partial charge is 0.163 e. The van der Waals surface area contributed by atoms with Gasteiger partial charge in [-0.1, -0.05) is 0 Å². The largest absolute Gasteiger partial charge is 0.354 e. The molecule has 0 radical (unpaired) electrons. The molecule has 0 aliphatic rings. The van der Waals surface area contributed by atoms with E-state index < -0.39 is 11.9 Å². The molecule has 1 unspecified atom stereocenters. The number of carbonyl (C=O) groups is 1. The molecule has 0 fully saturated rings. The van der Waals surface area contributed by atoms with E-state index in [0.717, 1.165) is 6.29 Å². The van der Waals surface area contributed by atoms with Gasteiger partial charge in [-0.15, -0.1) is 0 Å². The van der Waals surface area contributed by atoms with Crippen LogP contribution >= 0.6 is 0 Å². The summed E-state index contributed by atoms with van der Waals surface area (Å²) >= 11 is 0. The van der Waals surface area contributed by atoms with Crippen molar-refractivity contribution in [2.45, 2.75) is 32.7 Å². The Morgan fingerprint density at radius 3 is 2.30 bits per heavy atom. The summed E-state index contributed by atoms with van der Waals surface area (Å²) in [7, 11) is 1.54. The van der Waals surface area contributed by atoms with Crippen LogP contribution in [0.25, 0.3) is 0 Å². The maximum Gasteiger partial charge on any atom is 0.163 e. The molecular formula is C7H14O3. The van der Waals surface area contributed by atoms with E-state index in [-0.39, 0.29) is 0 Å². The Morgan fingerprint density at radius 1 is 1.50 bits per heavy atom. The molecule has 0 aromatic heterocycles. The minimum Gasteiger partial charge on any atom is -0.354 e. The Bertz CT molecular complexity index is 109. The summed E-state index contributed by atoms with van der Waals surface area (Å²) in [4.78, 5) is 10.1. The van der Waals surface area contributed by atoms with Crippen LogP contribution in [0.3, 0.4) is 0 Å². The number of carbonyl (C=O) groups excluding carboxylic acids is 1. The molecule has 0 aromatic rings. The van der Waals surface area contributed by atoms with Crippen molar-refractivity contribution in [3.63, 3.8) is 0 Å². The highest BCUT2D eigenvalue weighted by molar-refractivity contribution is 5.55. The summed E-state index contributed by atoms with van der Waals surface area (Å²) < 4.78 is 10.1. The van der Waals surface area contributed by atoms with Gasteiger partial charge in [0.1, 0.15) is 12.4 Å². The monoisotopic (exact) mass is 146 g/mol. The number of aldehydes is 1. The van der Waals surface area contributed by atoms with Crippen LogP contribution in [0.4, 0.5) is 0 Å². The molecule has 0 rings (SSSR count). The van der Waals surface area contributed by atoms with E-state index in [9.17, 15) is 4.79 Å². The first-order chi connectivity index (χ1) is 4.52. The normalized spacial score (nSPS) is 14.8. The number of hydrogen-bond donors (Lipinski definition) is 0. The lowest BCUT2D eigenvalue weighted by atomic mass is 10.3. The molecule has 60 valence electrons. The maximum atomic E-state index is 10.1. The minimum absolute atomic E-state index is 0.407. The molecule has 0 spiro atoms. The first kappa shape index (κ1) is 9.59. The van der Waals surface area contributed by atoms with Gasteiger partial charge in [0.25, 0.3) is 0 Å². The lowest BCUT2D eigenvalue weighted by Crippen LogP contribution is -2.31. The molecule has 0 aromatic carbocycles. The summed E-state index contributed by atoms with van der Waals surface area (Å²) in [6, 6.07) is 0. The van der Waals surface area contributed by atoms with Crippen LogP contribution in [-0.2, 0) is 14.3 Å². The summed E-state index contributed by atoms with van der Waals surface area (Å²) in [5.41, 5.74) is 0. The van der Waals surface area contributed by atoms with Crippen molar-refractivity contribution >= 4 is 6.29 Å². The predicted octanol–water partition coefficient (Wildman–Crippen LogP) is 0.973. The van der Waals surface area contributed by atoms with Crippen molar-refractivity contribution in [3.05, 3.63) is 0 Å². The van der Waals surface area contributed by atoms with Gasteiger partial charge in [-0.25, -0.2) is 0 Å². The molecule has 1 atom stereocenters. The van der Waals surface area contributed by atoms with Gasteiger partial charge in [0, 0.05) is 7.11 Å². The molecule has 3 nitrogen and oxygen atoms in total. The fourth-order valence-electron chi connectivity index (χ4n) is 0.524. The zero-order valence-corrected chi connectivity index (χ0v) is 6.88. The number of hydrogen-bond acceptors (Lipinski definition) is 3. The highest BCUT2D eigenvalue weighted by Gasteiger charge is 2.19. The van der Waals surface area contributed by atoms with Crippen LogP contribution in [-0.4, -0.2) is 25.3 Å². The molecule has 10 heavy (non-hydrogen) atoms. The van der Waals surface area contributed by atoms with Gasteiger partial charge in [-0.2, -0.15) is 0 Å². The Kier molecular flexibility index (Phi) is 3.53. The highest BCUT2D eigenvalue weighted by Crippen LogP contribution is 2.10. The first-order valence-corrected chi connectivity index (χ1v) is 3.20. The van der Waals surface area contributed by atoms with E-state index >= 15 is 0 Å². The minimum atomic E-state index is -0.666. The molecular weight excluding hydrogens is 132 g/mol. The molecule has 0 saturated heterocycles. The third-order valence-electron chi connectivity index (χ3n) is 1.15. The van der Waals surface area contributed by atoms with E-state index in [2.05, 4.69) is 0 Å². The quantitative estimate of drug-likeness (QED) is 0.438. The number of rotatable bonds is 4. The van der Waals surface area contributed by atoms with Gasteiger partial charge in [0.2, 0.25) is 0 Å². The van der Waals surface area contributed by atoms with Crippen molar-refractivity contribution in [1.29, 1.82) is 0 Å².